The summed E-state index contributed by atoms with van der Waals surface area (Å²) in [6.07, 6.45) is 1.12. The highest BCUT2D eigenvalue weighted by atomic mass is 32.2. The molecule has 1 amide bonds. The second kappa shape index (κ2) is 4.36. The number of nitrogens with two attached hydrogens (primary N) is 1. The number of amides is 1. The normalized spacial score (nSPS) is 21.3. The largest absolute Gasteiger partial charge is 0.368 e. The smallest absolute Gasteiger partial charge is 0.247 e. The number of rotatable bonds is 3. The summed E-state index contributed by atoms with van der Waals surface area (Å²) in [4.78, 5) is 11.4. The number of nitrogens with one attached hydrogen (secondary N) is 1. The molecular weight excluding hydrogens is 256 g/mol. The van der Waals surface area contributed by atoms with E-state index in [1.165, 1.54) is 4.31 Å². The van der Waals surface area contributed by atoms with Crippen molar-refractivity contribution in [1.82, 2.24) is 14.5 Å². The molecule has 0 aliphatic carbocycles. The molecule has 0 saturated carbocycles. The second-order valence-electron chi connectivity index (χ2n) is 4.44. The summed E-state index contributed by atoms with van der Waals surface area (Å²) in [6, 6.07) is -0.747. The molecule has 0 radical (unpaired) electrons. The van der Waals surface area contributed by atoms with E-state index in [1.54, 1.807) is 13.8 Å². The average Bonchev–Trinajstić information content (AvgIpc) is 2.85. The molecule has 1 fully saturated rings. The van der Waals surface area contributed by atoms with Crippen molar-refractivity contribution < 1.29 is 13.2 Å². The standard InChI is InChI=1S/C10H16N4O3S/c1-6-9(7(2)13-12-6)18(16,17)14-5-3-4-8(14)10(11)15/h8H,3-5H2,1-2H3,(H2,11,15)(H,12,13). The molecular formula is C10H16N4O3S. The fourth-order valence-electron chi connectivity index (χ4n) is 2.35. The summed E-state index contributed by atoms with van der Waals surface area (Å²) < 4.78 is 26.2. The van der Waals surface area contributed by atoms with Crippen LogP contribution >= 0.6 is 0 Å². The molecule has 1 aliphatic heterocycles. The Balaban J connectivity index is 2.46. The third-order valence-corrected chi connectivity index (χ3v) is 5.33. The molecule has 0 bridgehead atoms. The van der Waals surface area contributed by atoms with Gasteiger partial charge in [0.05, 0.1) is 11.4 Å². The SMILES string of the molecule is Cc1n[nH]c(C)c1S(=O)(=O)N1CCCC1C(N)=O. The lowest BCUT2D eigenvalue weighted by atomic mass is 10.2. The van der Waals surface area contributed by atoms with Crippen molar-refractivity contribution >= 4 is 15.9 Å². The highest BCUT2D eigenvalue weighted by molar-refractivity contribution is 7.89. The summed E-state index contributed by atoms with van der Waals surface area (Å²) in [7, 11) is -3.71. The van der Waals surface area contributed by atoms with Gasteiger partial charge in [0.15, 0.2) is 0 Å². The maximum atomic E-state index is 12.5. The second-order valence-corrected chi connectivity index (χ2v) is 6.27. The number of primary amides is 1. The van der Waals surface area contributed by atoms with Gasteiger partial charge in [0.2, 0.25) is 15.9 Å². The molecule has 3 N–H and O–H groups in total. The summed E-state index contributed by atoms with van der Waals surface area (Å²) >= 11 is 0. The van der Waals surface area contributed by atoms with E-state index in [0.717, 1.165) is 0 Å². The Morgan fingerprint density at radius 3 is 2.67 bits per heavy atom. The number of aromatic nitrogens is 2. The molecule has 7 nitrogen and oxygen atoms in total. The Morgan fingerprint density at radius 1 is 1.50 bits per heavy atom. The van der Waals surface area contributed by atoms with Gasteiger partial charge in [-0.2, -0.15) is 9.40 Å². The quantitative estimate of drug-likeness (QED) is 0.784. The molecule has 1 atom stereocenters. The van der Waals surface area contributed by atoms with Crippen LogP contribution in [-0.2, 0) is 14.8 Å². The minimum absolute atomic E-state index is 0.149. The number of hydrogen-bond donors (Lipinski definition) is 2. The van der Waals surface area contributed by atoms with Crippen LogP contribution in [0, 0.1) is 13.8 Å². The number of aromatic amines is 1. The van der Waals surface area contributed by atoms with Gasteiger partial charge in [-0.25, -0.2) is 8.42 Å². The summed E-state index contributed by atoms with van der Waals surface area (Å²) in [6.45, 7) is 3.58. The van der Waals surface area contributed by atoms with Crippen LogP contribution in [0.1, 0.15) is 24.2 Å². The lowest BCUT2D eigenvalue weighted by Crippen LogP contribution is -2.43. The molecule has 0 aromatic carbocycles. The van der Waals surface area contributed by atoms with Gasteiger partial charge in [0.25, 0.3) is 0 Å². The van der Waals surface area contributed by atoms with E-state index in [4.69, 9.17) is 5.73 Å². The topological polar surface area (TPSA) is 109 Å². The highest BCUT2D eigenvalue weighted by Crippen LogP contribution is 2.28. The predicted molar refractivity (Wildman–Crippen MR) is 64.2 cm³/mol. The van der Waals surface area contributed by atoms with E-state index >= 15 is 0 Å². The van der Waals surface area contributed by atoms with Crippen LogP contribution in [0.15, 0.2) is 4.90 Å². The molecule has 1 aromatic rings. The van der Waals surface area contributed by atoms with Crippen LogP contribution < -0.4 is 5.73 Å². The third kappa shape index (κ3) is 1.91. The lowest BCUT2D eigenvalue weighted by Gasteiger charge is -2.21. The number of carbonyl (C=O) groups excluding carboxylic acids is 1. The van der Waals surface area contributed by atoms with Crippen molar-refractivity contribution in [3.8, 4) is 0 Å². The van der Waals surface area contributed by atoms with E-state index < -0.39 is 22.0 Å². The first-order valence-corrected chi connectivity index (χ1v) is 7.12. The van der Waals surface area contributed by atoms with Crippen LogP contribution in [0.5, 0.6) is 0 Å². The fraction of sp³-hybridized carbons (Fsp3) is 0.600. The minimum atomic E-state index is -3.71. The number of hydrogen-bond acceptors (Lipinski definition) is 4. The first-order valence-electron chi connectivity index (χ1n) is 5.68. The van der Waals surface area contributed by atoms with Crippen LogP contribution in [0.2, 0.25) is 0 Å². The summed E-state index contributed by atoms with van der Waals surface area (Å²) in [5.74, 6) is -0.602. The van der Waals surface area contributed by atoms with Gasteiger partial charge >= 0.3 is 0 Å². The van der Waals surface area contributed by atoms with Crippen LogP contribution in [0.4, 0.5) is 0 Å². The van der Waals surface area contributed by atoms with Crippen molar-refractivity contribution in [2.45, 2.75) is 37.6 Å². The number of aryl methyl sites for hydroxylation is 2. The van der Waals surface area contributed by atoms with E-state index in [0.29, 0.717) is 30.8 Å². The number of carbonyl (C=O) groups is 1. The van der Waals surface area contributed by atoms with Gasteiger partial charge in [0.1, 0.15) is 10.9 Å². The maximum absolute atomic E-state index is 12.5. The Bertz CT molecular complexity index is 558. The molecule has 100 valence electrons. The minimum Gasteiger partial charge on any atom is -0.368 e. The fourth-order valence-corrected chi connectivity index (χ4v) is 4.35. The zero-order valence-electron chi connectivity index (χ0n) is 10.3. The average molecular weight is 272 g/mol. The van der Waals surface area contributed by atoms with E-state index in [-0.39, 0.29) is 4.90 Å². The van der Waals surface area contributed by atoms with Crippen molar-refractivity contribution in [1.29, 1.82) is 0 Å². The molecule has 18 heavy (non-hydrogen) atoms. The molecule has 0 spiro atoms. The molecule has 8 heteroatoms. The number of H-pyrrole nitrogens is 1. The first-order chi connectivity index (χ1) is 8.35. The highest BCUT2D eigenvalue weighted by Gasteiger charge is 2.40. The predicted octanol–water partition coefficient (Wildman–Crippen LogP) is -0.335. The van der Waals surface area contributed by atoms with Crippen LogP contribution in [0.25, 0.3) is 0 Å². The van der Waals surface area contributed by atoms with Crippen LogP contribution in [0.3, 0.4) is 0 Å². The monoisotopic (exact) mass is 272 g/mol. The van der Waals surface area contributed by atoms with Gasteiger partial charge < -0.3 is 5.73 Å². The van der Waals surface area contributed by atoms with Gasteiger partial charge in [-0.3, -0.25) is 9.89 Å². The van der Waals surface area contributed by atoms with Crippen molar-refractivity contribution in [3.63, 3.8) is 0 Å². The first kappa shape index (κ1) is 13.0. The third-order valence-electron chi connectivity index (χ3n) is 3.16. The number of nitrogens with zero attached hydrogens (tertiary/aromatic N) is 2. The zero-order chi connectivity index (χ0) is 13.5. The lowest BCUT2D eigenvalue weighted by molar-refractivity contribution is -0.121. The molecule has 2 rings (SSSR count). The molecule has 1 unspecified atom stereocenters. The van der Waals surface area contributed by atoms with Crippen molar-refractivity contribution in [2.24, 2.45) is 5.73 Å². The summed E-state index contributed by atoms with van der Waals surface area (Å²) in [5, 5.41) is 6.52. The van der Waals surface area contributed by atoms with Crippen LogP contribution in [-0.4, -0.2) is 41.4 Å². The van der Waals surface area contributed by atoms with Gasteiger partial charge in [-0.15, -0.1) is 0 Å². The van der Waals surface area contributed by atoms with Gasteiger partial charge in [-0.1, -0.05) is 0 Å². The molecule has 1 aliphatic rings. The summed E-state index contributed by atoms with van der Waals surface area (Å²) in [5.41, 5.74) is 6.13. The van der Waals surface area contributed by atoms with E-state index in [2.05, 4.69) is 10.2 Å². The Hall–Kier alpha value is -1.41. The molecule has 1 aromatic heterocycles. The molecule has 1 saturated heterocycles. The number of sulfonamides is 1. The van der Waals surface area contributed by atoms with Crippen molar-refractivity contribution in [3.05, 3.63) is 11.4 Å². The zero-order valence-corrected chi connectivity index (χ0v) is 11.1. The Kier molecular flexibility index (Phi) is 3.16. The Labute approximate surface area is 105 Å². The van der Waals surface area contributed by atoms with Gasteiger partial charge in [-0.05, 0) is 26.7 Å². The Morgan fingerprint density at radius 2 is 2.17 bits per heavy atom. The van der Waals surface area contributed by atoms with Gasteiger partial charge in [0, 0.05) is 6.54 Å². The maximum Gasteiger partial charge on any atom is 0.247 e. The van der Waals surface area contributed by atoms with Crippen molar-refractivity contribution in [2.75, 3.05) is 6.54 Å². The van der Waals surface area contributed by atoms with E-state index in [1.807, 2.05) is 0 Å². The van der Waals surface area contributed by atoms with E-state index in [9.17, 15) is 13.2 Å². The molecule has 2 heterocycles.